The van der Waals surface area contributed by atoms with Crippen LogP contribution >= 0.6 is 23.4 Å². The van der Waals surface area contributed by atoms with Gasteiger partial charge < -0.3 is 9.84 Å². The molecule has 5 rings (SSSR count). The molecule has 5 aromatic carbocycles. The number of ether oxygens (including phenoxy) is 1. The van der Waals surface area contributed by atoms with Crippen LogP contribution < -0.4 is 4.74 Å². The molecule has 46 heavy (non-hydrogen) atoms. The van der Waals surface area contributed by atoms with Crippen molar-refractivity contribution >= 4 is 46.5 Å². The summed E-state index contributed by atoms with van der Waals surface area (Å²) in [6, 6.07) is 39.2. The van der Waals surface area contributed by atoms with Gasteiger partial charge in [-0.15, -0.1) is 11.8 Å². The first-order valence-electron chi connectivity index (χ1n) is 14.6. The van der Waals surface area contributed by atoms with Gasteiger partial charge in [0.05, 0.1) is 0 Å². The molecule has 1 atom stereocenters. The number of thioether (sulfide) groups is 1. The second kappa shape index (κ2) is 14.9. The highest BCUT2D eigenvalue weighted by atomic mass is 35.5. The predicted octanol–water partition coefficient (Wildman–Crippen LogP) is 9.68. The predicted molar refractivity (Wildman–Crippen MR) is 186 cm³/mol. The molecule has 0 heterocycles. The first-order chi connectivity index (χ1) is 22.2. The van der Waals surface area contributed by atoms with Crippen LogP contribution in [0.4, 0.5) is 0 Å². The molecule has 1 unspecified atom stereocenters. The third-order valence-corrected chi connectivity index (χ3v) is 8.65. The molecule has 0 amide bonds. The fourth-order valence-corrected chi connectivity index (χ4v) is 5.76. The molecule has 230 valence electrons. The van der Waals surface area contributed by atoms with Gasteiger partial charge in [0.1, 0.15) is 5.75 Å². The van der Waals surface area contributed by atoms with Gasteiger partial charge in [-0.1, -0.05) is 115 Å². The number of halogens is 1. The van der Waals surface area contributed by atoms with Gasteiger partial charge in [-0.3, -0.25) is 9.59 Å². The summed E-state index contributed by atoms with van der Waals surface area (Å²) in [6.07, 6.45) is 2.20. The van der Waals surface area contributed by atoms with Crippen molar-refractivity contribution in [2.24, 2.45) is 0 Å². The van der Waals surface area contributed by atoms with E-state index in [1.165, 1.54) is 0 Å². The van der Waals surface area contributed by atoms with Crippen LogP contribution in [0.2, 0.25) is 0 Å². The van der Waals surface area contributed by atoms with Crippen LogP contribution in [0.15, 0.2) is 132 Å². The van der Waals surface area contributed by atoms with Crippen molar-refractivity contribution in [1.82, 2.24) is 0 Å². The molecule has 0 saturated heterocycles. The van der Waals surface area contributed by atoms with E-state index in [-0.39, 0.29) is 11.6 Å². The molecule has 0 fully saturated rings. The summed E-state index contributed by atoms with van der Waals surface area (Å²) in [5, 5.41) is 8.97. The highest BCUT2D eigenvalue weighted by Gasteiger charge is 2.15. The standard InChI is InChI=1S/C39H31ClO5S/c1-25(41)27-3-7-29(8-4-27)31-11-15-33(16-12-31)37(23-24-46-36-21-19-35(20-22-36)45-38(40)39(43)44)34-17-13-32(14-18-34)30-9-5-28(6-10-30)26(2)42/h3-23,38H,24H2,1-2H3,(H,43,44). The number of carbonyl (C=O) groups is 3. The van der Waals surface area contributed by atoms with Crippen LogP contribution in [0.3, 0.4) is 0 Å². The summed E-state index contributed by atoms with van der Waals surface area (Å²) < 4.78 is 5.22. The van der Waals surface area contributed by atoms with E-state index in [4.69, 9.17) is 21.4 Å². The maximum Gasteiger partial charge on any atom is 0.360 e. The summed E-state index contributed by atoms with van der Waals surface area (Å²) in [4.78, 5) is 35.3. The van der Waals surface area contributed by atoms with Gasteiger partial charge >= 0.3 is 5.97 Å². The molecular weight excluding hydrogens is 616 g/mol. The van der Waals surface area contributed by atoms with Crippen LogP contribution in [-0.2, 0) is 4.79 Å². The lowest BCUT2D eigenvalue weighted by molar-refractivity contribution is -0.141. The van der Waals surface area contributed by atoms with Crippen LogP contribution in [0.1, 0.15) is 45.7 Å². The largest absolute Gasteiger partial charge is 0.478 e. The Kier molecular flexibility index (Phi) is 10.5. The third-order valence-electron chi connectivity index (χ3n) is 7.44. The van der Waals surface area contributed by atoms with E-state index in [1.54, 1.807) is 37.7 Å². The Labute approximate surface area is 277 Å². The molecule has 7 heteroatoms. The lowest BCUT2D eigenvalue weighted by atomic mass is 9.93. The van der Waals surface area contributed by atoms with Crippen molar-refractivity contribution in [1.29, 1.82) is 0 Å². The highest BCUT2D eigenvalue weighted by molar-refractivity contribution is 7.99. The maximum absolute atomic E-state index is 11.7. The zero-order valence-corrected chi connectivity index (χ0v) is 26.8. The lowest BCUT2D eigenvalue weighted by Crippen LogP contribution is -2.20. The molecule has 1 N–H and O–H groups in total. The van der Waals surface area contributed by atoms with Crippen LogP contribution in [0, 0.1) is 0 Å². The van der Waals surface area contributed by atoms with E-state index in [2.05, 4.69) is 54.6 Å². The Hall–Kier alpha value is -4.91. The van der Waals surface area contributed by atoms with Crippen molar-refractivity contribution in [3.05, 3.63) is 150 Å². The average molecular weight is 647 g/mol. The molecule has 5 aromatic rings. The molecule has 0 aromatic heterocycles. The van der Waals surface area contributed by atoms with Crippen molar-refractivity contribution in [2.75, 3.05) is 5.75 Å². The average Bonchev–Trinajstić information content (AvgIpc) is 3.08. The molecule has 0 aliphatic rings. The number of aliphatic carboxylic acids is 1. The molecule has 0 radical (unpaired) electrons. The number of hydrogen-bond acceptors (Lipinski definition) is 5. The number of rotatable bonds is 12. The van der Waals surface area contributed by atoms with Crippen molar-refractivity contribution in [3.8, 4) is 28.0 Å². The highest BCUT2D eigenvalue weighted by Crippen LogP contribution is 2.31. The summed E-state index contributed by atoms with van der Waals surface area (Å²) in [5.41, 5.74) is 7.32. The third kappa shape index (κ3) is 8.21. The normalized spacial score (nSPS) is 11.4. The smallest absolute Gasteiger partial charge is 0.360 e. The van der Waals surface area contributed by atoms with Gasteiger partial charge in [0.25, 0.3) is 5.56 Å². The molecule has 0 saturated carbocycles. The number of hydrogen-bond donors (Lipinski definition) is 1. The van der Waals surface area contributed by atoms with Crippen LogP contribution in [-0.4, -0.2) is 34.0 Å². The zero-order chi connectivity index (χ0) is 32.6. The first-order valence-corrected chi connectivity index (χ1v) is 16.0. The van der Waals surface area contributed by atoms with Gasteiger partial charge in [-0.05, 0) is 77.1 Å². The molecule has 0 aliphatic heterocycles. The number of ketones is 2. The molecule has 0 bridgehead atoms. The number of carboxylic acid groups (broad SMARTS) is 1. The molecule has 5 nitrogen and oxygen atoms in total. The fourth-order valence-electron chi connectivity index (χ4n) is 4.89. The van der Waals surface area contributed by atoms with Gasteiger partial charge in [0, 0.05) is 21.8 Å². The minimum atomic E-state index is -1.44. The zero-order valence-electron chi connectivity index (χ0n) is 25.3. The minimum absolute atomic E-state index is 0.0417. The Morgan fingerprint density at radius 2 is 1.00 bits per heavy atom. The SMILES string of the molecule is CC(=O)c1ccc(-c2ccc(C(=CCSc3ccc(OC(Cl)C(=O)O)cc3)c3ccc(-c4ccc(C(C)=O)cc4)cc3)cc2)cc1. The summed E-state index contributed by atoms with van der Waals surface area (Å²) in [6.45, 7) is 3.13. The van der Waals surface area contributed by atoms with Crippen LogP contribution in [0.25, 0.3) is 27.8 Å². The van der Waals surface area contributed by atoms with Crippen molar-refractivity contribution < 1.29 is 24.2 Å². The van der Waals surface area contributed by atoms with Gasteiger partial charge in [0.2, 0.25) is 0 Å². The van der Waals surface area contributed by atoms with E-state index in [0.717, 1.165) is 43.8 Å². The molecular formula is C39H31ClO5S. The van der Waals surface area contributed by atoms with E-state index in [1.807, 2.05) is 60.7 Å². The number of Topliss-reactive ketones (excluding diaryl/α,β-unsaturated/α-hetero) is 2. The van der Waals surface area contributed by atoms with Crippen molar-refractivity contribution in [3.63, 3.8) is 0 Å². The summed E-state index contributed by atoms with van der Waals surface area (Å²) in [5.74, 6) is -0.0867. The first kappa shape index (κ1) is 32.5. The fraction of sp³-hybridized carbons (Fsp3) is 0.103. The van der Waals surface area contributed by atoms with Crippen molar-refractivity contribution in [2.45, 2.75) is 24.3 Å². The monoisotopic (exact) mass is 646 g/mol. The number of carbonyl (C=O) groups excluding carboxylic acids is 2. The quantitative estimate of drug-likeness (QED) is 0.0826. The van der Waals surface area contributed by atoms with E-state index in [9.17, 15) is 14.4 Å². The second-order valence-corrected chi connectivity index (χ2v) is 12.1. The van der Waals surface area contributed by atoms with E-state index in [0.29, 0.717) is 22.6 Å². The number of alkyl halides is 1. The maximum atomic E-state index is 11.7. The molecule has 0 spiro atoms. The topological polar surface area (TPSA) is 80.7 Å². The molecule has 0 aliphatic carbocycles. The lowest BCUT2D eigenvalue weighted by Gasteiger charge is -2.12. The Morgan fingerprint density at radius 3 is 1.35 bits per heavy atom. The van der Waals surface area contributed by atoms with E-state index >= 15 is 0 Å². The van der Waals surface area contributed by atoms with Gasteiger partial charge in [-0.2, -0.15) is 0 Å². The second-order valence-electron chi connectivity index (χ2n) is 10.6. The van der Waals surface area contributed by atoms with E-state index < -0.39 is 11.5 Å². The Balaban J connectivity index is 1.39. The minimum Gasteiger partial charge on any atom is -0.478 e. The number of benzene rings is 5. The van der Waals surface area contributed by atoms with Gasteiger partial charge in [-0.25, -0.2) is 4.79 Å². The summed E-state index contributed by atoms with van der Waals surface area (Å²) >= 11 is 7.33. The Morgan fingerprint density at radius 1 is 0.630 bits per heavy atom. The van der Waals surface area contributed by atoms with Gasteiger partial charge in [0.15, 0.2) is 11.6 Å². The van der Waals surface area contributed by atoms with Crippen LogP contribution in [0.5, 0.6) is 5.75 Å². The Bertz CT molecular complexity index is 1760. The summed E-state index contributed by atoms with van der Waals surface area (Å²) in [7, 11) is 0. The number of carboxylic acids is 1.